The van der Waals surface area contributed by atoms with Gasteiger partial charge in [0.1, 0.15) is 29.5 Å². The smallest absolute Gasteiger partial charge is 0.339 e. The predicted molar refractivity (Wildman–Crippen MR) is 79.9 cm³/mol. The number of carboxylic acid groups (broad SMARTS) is 1. The summed E-state index contributed by atoms with van der Waals surface area (Å²) in [6, 6.07) is 10.6. The van der Waals surface area contributed by atoms with E-state index in [0.717, 1.165) is 0 Å². The summed E-state index contributed by atoms with van der Waals surface area (Å²) >= 11 is 0. The molecule has 0 saturated carbocycles. The Morgan fingerprint density at radius 3 is 2.64 bits per heavy atom. The number of hydrogen-bond acceptors (Lipinski definition) is 3. The highest BCUT2D eigenvalue weighted by molar-refractivity contribution is 5.91. The van der Waals surface area contributed by atoms with Crippen LogP contribution in [0.2, 0.25) is 0 Å². The Bertz CT molecular complexity index is 667. The van der Waals surface area contributed by atoms with Crippen LogP contribution in [-0.2, 0) is 6.61 Å². The van der Waals surface area contributed by atoms with E-state index in [1.807, 2.05) is 13.8 Å². The number of benzene rings is 2. The second kappa shape index (κ2) is 6.93. The van der Waals surface area contributed by atoms with Crippen LogP contribution in [0, 0.1) is 5.82 Å². The van der Waals surface area contributed by atoms with Crippen molar-refractivity contribution >= 4 is 5.97 Å². The number of hydrogen-bond donors (Lipinski definition) is 1. The van der Waals surface area contributed by atoms with Crippen LogP contribution in [-0.4, -0.2) is 17.2 Å². The number of carbonyl (C=O) groups is 1. The third-order valence-electron chi connectivity index (χ3n) is 2.84. The molecule has 5 heteroatoms. The minimum absolute atomic E-state index is 0.0328. The Labute approximate surface area is 128 Å². The van der Waals surface area contributed by atoms with Crippen molar-refractivity contribution in [1.82, 2.24) is 0 Å². The van der Waals surface area contributed by atoms with Crippen LogP contribution in [0.1, 0.15) is 29.8 Å². The Balaban J connectivity index is 2.14. The molecule has 0 spiro atoms. The Kier molecular flexibility index (Phi) is 4.99. The first-order chi connectivity index (χ1) is 10.5. The van der Waals surface area contributed by atoms with Crippen LogP contribution in [0.3, 0.4) is 0 Å². The van der Waals surface area contributed by atoms with E-state index >= 15 is 0 Å². The molecule has 0 bridgehead atoms. The van der Waals surface area contributed by atoms with Gasteiger partial charge in [0.25, 0.3) is 0 Å². The van der Waals surface area contributed by atoms with Crippen molar-refractivity contribution in [2.24, 2.45) is 0 Å². The van der Waals surface area contributed by atoms with Crippen molar-refractivity contribution in [1.29, 1.82) is 0 Å². The average molecular weight is 304 g/mol. The summed E-state index contributed by atoms with van der Waals surface area (Å²) in [6.07, 6.45) is -0.128. The molecule has 2 aromatic rings. The molecule has 0 aliphatic heterocycles. The van der Waals surface area contributed by atoms with Gasteiger partial charge in [-0.3, -0.25) is 0 Å². The molecule has 0 amide bonds. The fourth-order valence-electron chi connectivity index (χ4n) is 1.92. The number of halogens is 1. The van der Waals surface area contributed by atoms with Crippen LogP contribution in [0.5, 0.6) is 11.5 Å². The van der Waals surface area contributed by atoms with E-state index in [0.29, 0.717) is 17.1 Å². The van der Waals surface area contributed by atoms with Gasteiger partial charge in [-0.25, -0.2) is 9.18 Å². The van der Waals surface area contributed by atoms with Crippen molar-refractivity contribution < 1.29 is 23.8 Å². The van der Waals surface area contributed by atoms with Gasteiger partial charge >= 0.3 is 5.97 Å². The second-order valence-electron chi connectivity index (χ2n) is 5.05. The molecule has 0 heterocycles. The fraction of sp³-hybridized carbons (Fsp3) is 0.235. The SMILES string of the molecule is CC(C)Oc1ccc(OCc2cccc(F)c2)cc1C(=O)O. The minimum Gasteiger partial charge on any atom is -0.490 e. The first kappa shape index (κ1) is 15.8. The van der Waals surface area contributed by atoms with Crippen LogP contribution >= 0.6 is 0 Å². The molecular weight excluding hydrogens is 287 g/mol. The standard InChI is InChI=1S/C17H17FO4/c1-11(2)22-16-7-6-14(9-15(16)17(19)20)21-10-12-4-3-5-13(18)8-12/h3-9,11H,10H2,1-2H3,(H,19,20). The summed E-state index contributed by atoms with van der Waals surface area (Å²) in [5, 5.41) is 9.24. The van der Waals surface area contributed by atoms with Crippen LogP contribution in [0.4, 0.5) is 4.39 Å². The van der Waals surface area contributed by atoms with E-state index in [2.05, 4.69) is 0 Å². The quantitative estimate of drug-likeness (QED) is 0.879. The number of rotatable bonds is 6. The topological polar surface area (TPSA) is 55.8 Å². The zero-order chi connectivity index (χ0) is 16.1. The van der Waals surface area contributed by atoms with Gasteiger partial charge in [-0.1, -0.05) is 12.1 Å². The lowest BCUT2D eigenvalue weighted by Crippen LogP contribution is -2.10. The second-order valence-corrected chi connectivity index (χ2v) is 5.05. The van der Waals surface area contributed by atoms with Crippen molar-refractivity contribution in [2.75, 3.05) is 0 Å². The molecular formula is C17H17FO4. The number of aromatic carboxylic acids is 1. The zero-order valence-corrected chi connectivity index (χ0v) is 12.4. The lowest BCUT2D eigenvalue weighted by Gasteiger charge is -2.14. The zero-order valence-electron chi connectivity index (χ0n) is 12.4. The average Bonchev–Trinajstić information content (AvgIpc) is 2.45. The molecule has 0 radical (unpaired) electrons. The van der Waals surface area contributed by atoms with Gasteiger partial charge in [-0.05, 0) is 49.7 Å². The Morgan fingerprint density at radius 2 is 2.00 bits per heavy atom. The van der Waals surface area contributed by atoms with E-state index in [1.165, 1.54) is 18.2 Å². The van der Waals surface area contributed by atoms with Gasteiger partial charge in [-0.15, -0.1) is 0 Å². The highest BCUT2D eigenvalue weighted by Gasteiger charge is 2.14. The summed E-state index contributed by atoms with van der Waals surface area (Å²) < 4.78 is 24.1. The molecule has 0 atom stereocenters. The van der Waals surface area contributed by atoms with Crippen molar-refractivity contribution in [2.45, 2.75) is 26.6 Å². The Hall–Kier alpha value is -2.56. The van der Waals surface area contributed by atoms with E-state index in [9.17, 15) is 14.3 Å². The molecule has 0 saturated heterocycles. The van der Waals surface area contributed by atoms with Gasteiger partial charge in [0.15, 0.2) is 0 Å². The first-order valence-electron chi connectivity index (χ1n) is 6.87. The third-order valence-corrected chi connectivity index (χ3v) is 2.84. The molecule has 0 aliphatic rings. The van der Waals surface area contributed by atoms with Crippen molar-refractivity contribution in [3.05, 3.63) is 59.4 Å². The Morgan fingerprint density at radius 1 is 1.23 bits per heavy atom. The summed E-state index contributed by atoms with van der Waals surface area (Å²) in [7, 11) is 0. The van der Waals surface area contributed by atoms with Crippen molar-refractivity contribution in [3.8, 4) is 11.5 Å². The molecule has 116 valence electrons. The lowest BCUT2D eigenvalue weighted by molar-refractivity contribution is 0.0690. The minimum atomic E-state index is -1.09. The van der Waals surface area contributed by atoms with Gasteiger partial charge in [0, 0.05) is 0 Å². The van der Waals surface area contributed by atoms with E-state index < -0.39 is 5.97 Å². The number of carboxylic acids is 1. The summed E-state index contributed by atoms with van der Waals surface area (Å²) in [5.41, 5.74) is 0.699. The van der Waals surface area contributed by atoms with Crippen LogP contribution in [0.25, 0.3) is 0 Å². The molecule has 0 aromatic heterocycles. The normalized spacial score (nSPS) is 10.5. The van der Waals surface area contributed by atoms with Gasteiger partial charge in [0.2, 0.25) is 0 Å². The molecule has 2 rings (SSSR count). The molecule has 0 fully saturated rings. The monoisotopic (exact) mass is 304 g/mol. The molecule has 4 nitrogen and oxygen atoms in total. The van der Waals surface area contributed by atoms with E-state index in [4.69, 9.17) is 9.47 Å². The predicted octanol–water partition coefficient (Wildman–Crippen LogP) is 3.89. The van der Waals surface area contributed by atoms with Crippen LogP contribution in [0.15, 0.2) is 42.5 Å². The van der Waals surface area contributed by atoms with E-state index in [-0.39, 0.29) is 24.1 Å². The first-order valence-corrected chi connectivity index (χ1v) is 6.87. The maximum atomic E-state index is 13.1. The van der Waals surface area contributed by atoms with E-state index in [1.54, 1.807) is 24.3 Å². The molecule has 22 heavy (non-hydrogen) atoms. The highest BCUT2D eigenvalue weighted by atomic mass is 19.1. The van der Waals surface area contributed by atoms with Gasteiger partial charge < -0.3 is 14.6 Å². The van der Waals surface area contributed by atoms with Crippen molar-refractivity contribution in [3.63, 3.8) is 0 Å². The molecule has 0 unspecified atom stereocenters. The highest BCUT2D eigenvalue weighted by Crippen LogP contribution is 2.26. The fourth-order valence-corrected chi connectivity index (χ4v) is 1.92. The third kappa shape index (κ3) is 4.22. The van der Waals surface area contributed by atoms with Crippen LogP contribution < -0.4 is 9.47 Å². The summed E-state index contributed by atoms with van der Waals surface area (Å²) in [6.45, 7) is 3.79. The lowest BCUT2D eigenvalue weighted by atomic mass is 10.2. The summed E-state index contributed by atoms with van der Waals surface area (Å²) in [5.74, 6) is -0.752. The van der Waals surface area contributed by atoms with Gasteiger partial charge in [0.05, 0.1) is 6.10 Å². The van der Waals surface area contributed by atoms with Gasteiger partial charge in [-0.2, -0.15) is 0 Å². The summed E-state index contributed by atoms with van der Waals surface area (Å²) in [4.78, 5) is 11.3. The molecule has 1 N–H and O–H groups in total. The maximum absolute atomic E-state index is 13.1. The number of ether oxygens (including phenoxy) is 2. The molecule has 0 aliphatic carbocycles. The largest absolute Gasteiger partial charge is 0.490 e. The molecule has 2 aromatic carbocycles. The maximum Gasteiger partial charge on any atom is 0.339 e.